The molecule has 12 heteroatoms. The Bertz CT molecular complexity index is 1780. The van der Waals surface area contributed by atoms with Gasteiger partial charge in [-0.3, -0.25) is 14.4 Å². The number of hydrogen-bond donors (Lipinski definition) is 3. The number of carbonyl (C=O) groups is 4. The van der Waals surface area contributed by atoms with Crippen LogP contribution in [0.3, 0.4) is 0 Å². The third-order valence-corrected chi connectivity index (χ3v) is 11.3. The molecule has 0 aromatic carbocycles. The molecule has 1 aliphatic rings. The third-order valence-electron chi connectivity index (χ3n) is 11.3. The Kier molecular flexibility index (Phi) is 43.2. The maximum Gasteiger partial charge on any atom is 0.335 e. The number of aliphatic hydroxyl groups is 2. The van der Waals surface area contributed by atoms with Crippen LogP contribution in [0.15, 0.2) is 134 Å². The highest BCUT2D eigenvalue weighted by molar-refractivity contribution is 5.74. The molecule has 73 heavy (non-hydrogen) atoms. The van der Waals surface area contributed by atoms with Crippen molar-refractivity contribution in [3.63, 3.8) is 0 Å². The molecule has 0 aliphatic carbocycles. The topological polar surface area (TPSA) is 175 Å². The van der Waals surface area contributed by atoms with Crippen LogP contribution in [0.1, 0.15) is 175 Å². The maximum atomic E-state index is 13.0. The molecule has 1 fully saturated rings. The fraction of sp³-hybridized carbons (Fsp3) is 0.574. The van der Waals surface area contributed by atoms with Gasteiger partial charge in [0.2, 0.25) is 0 Å². The van der Waals surface area contributed by atoms with E-state index < -0.39 is 73.9 Å². The maximum absolute atomic E-state index is 13.0. The molecule has 1 saturated heterocycles. The van der Waals surface area contributed by atoms with Crippen molar-refractivity contribution in [3.8, 4) is 0 Å². The first-order valence-electron chi connectivity index (χ1n) is 27.2. The lowest BCUT2D eigenvalue weighted by molar-refractivity contribution is -0.301. The number of carboxylic acids is 1. The molecule has 408 valence electrons. The number of unbranched alkanes of at least 4 members (excludes halogenated alkanes) is 9. The molecular formula is C61H92O12. The van der Waals surface area contributed by atoms with E-state index >= 15 is 0 Å². The predicted octanol–water partition coefficient (Wildman–Crippen LogP) is 13.4. The summed E-state index contributed by atoms with van der Waals surface area (Å²) in [5, 5.41) is 31.4. The van der Waals surface area contributed by atoms with E-state index in [-0.39, 0.29) is 19.3 Å². The Hall–Kier alpha value is -5.14. The number of rotatable bonds is 43. The largest absolute Gasteiger partial charge is 0.479 e. The van der Waals surface area contributed by atoms with Gasteiger partial charge in [0.1, 0.15) is 18.8 Å². The van der Waals surface area contributed by atoms with Crippen LogP contribution in [0.2, 0.25) is 0 Å². The summed E-state index contributed by atoms with van der Waals surface area (Å²) in [4.78, 5) is 50.8. The van der Waals surface area contributed by atoms with Gasteiger partial charge in [0.25, 0.3) is 0 Å². The average molecular weight is 1020 g/mol. The van der Waals surface area contributed by atoms with Crippen molar-refractivity contribution < 1.29 is 58.2 Å². The molecule has 12 nitrogen and oxygen atoms in total. The van der Waals surface area contributed by atoms with Crippen LogP contribution in [-0.2, 0) is 42.9 Å². The summed E-state index contributed by atoms with van der Waals surface area (Å²) >= 11 is 0. The standard InChI is InChI=1S/C61H92O12/c1-4-7-10-13-16-19-22-25-27-30-32-35-38-41-44-47-53(62)69-50-52(71-54(63)48-45-42-39-36-34-31-28-26-23-20-17-14-11-8-5-2)51-70-61-59(57(66)56(65)58(73-61)60(67)68)72-55(64)49-46-43-40-37-33-29-24-21-18-15-12-9-6-3/h7-8,10-11,16-17,19-21,24-28,32,34-36,41-42,44-45,52,56-59,61,65-66H,4-6,9,12-15,18,22-23,29-31,33,37-40,43,46-51H2,1-3H3,(H,67,68)/b10-7-,11-8-,19-16-,20-17-,24-21-,27-25-,28-26-,35-32-,36-34-,44-41-,45-42-. The van der Waals surface area contributed by atoms with Gasteiger partial charge in [0.05, 0.1) is 19.4 Å². The Labute approximate surface area is 439 Å². The molecule has 3 N–H and O–H groups in total. The number of hydrogen-bond acceptors (Lipinski definition) is 11. The van der Waals surface area contributed by atoms with E-state index in [2.05, 4.69) is 106 Å². The fourth-order valence-corrected chi connectivity index (χ4v) is 7.16. The highest BCUT2D eigenvalue weighted by atomic mass is 16.7. The number of aliphatic hydroxyl groups excluding tert-OH is 2. The minimum Gasteiger partial charge on any atom is -0.479 e. The first kappa shape index (κ1) is 65.9. The van der Waals surface area contributed by atoms with Gasteiger partial charge in [-0.1, -0.05) is 193 Å². The minimum absolute atomic E-state index is 0.0237. The van der Waals surface area contributed by atoms with Gasteiger partial charge in [0.15, 0.2) is 24.6 Å². The summed E-state index contributed by atoms with van der Waals surface area (Å²) in [6.07, 6.45) is 54.9. The van der Waals surface area contributed by atoms with Gasteiger partial charge >= 0.3 is 23.9 Å². The second-order valence-electron chi connectivity index (χ2n) is 17.8. The van der Waals surface area contributed by atoms with Crippen LogP contribution in [0.4, 0.5) is 0 Å². The first-order chi connectivity index (χ1) is 35.6. The Morgan fingerprint density at radius 1 is 0.479 bits per heavy atom. The van der Waals surface area contributed by atoms with E-state index in [1.165, 1.54) is 25.7 Å². The number of esters is 3. The molecule has 0 saturated carbocycles. The summed E-state index contributed by atoms with van der Waals surface area (Å²) < 4.78 is 28.1. The monoisotopic (exact) mass is 1020 g/mol. The smallest absolute Gasteiger partial charge is 0.335 e. The lowest BCUT2D eigenvalue weighted by atomic mass is 9.98. The quantitative estimate of drug-likeness (QED) is 0.0228. The molecule has 0 amide bonds. The lowest BCUT2D eigenvalue weighted by Crippen LogP contribution is -2.61. The second-order valence-corrected chi connectivity index (χ2v) is 17.8. The predicted molar refractivity (Wildman–Crippen MR) is 293 cm³/mol. The van der Waals surface area contributed by atoms with E-state index in [1.54, 1.807) is 12.2 Å². The number of aliphatic carboxylic acids is 1. The van der Waals surface area contributed by atoms with Crippen molar-refractivity contribution in [2.24, 2.45) is 0 Å². The van der Waals surface area contributed by atoms with Crippen LogP contribution < -0.4 is 0 Å². The molecule has 0 spiro atoms. The molecule has 0 aromatic heterocycles. The van der Waals surface area contributed by atoms with Crippen LogP contribution in [0, 0.1) is 0 Å². The molecule has 1 heterocycles. The number of carbonyl (C=O) groups excluding carboxylic acids is 3. The summed E-state index contributed by atoms with van der Waals surface area (Å²) in [6, 6.07) is 0. The van der Waals surface area contributed by atoms with Gasteiger partial charge in [-0.05, 0) is 96.3 Å². The van der Waals surface area contributed by atoms with Crippen molar-refractivity contribution in [3.05, 3.63) is 134 Å². The summed E-state index contributed by atoms with van der Waals surface area (Å²) in [5.41, 5.74) is 0. The van der Waals surface area contributed by atoms with E-state index in [1.807, 2.05) is 36.5 Å². The summed E-state index contributed by atoms with van der Waals surface area (Å²) in [6.45, 7) is 5.53. The molecule has 6 unspecified atom stereocenters. The van der Waals surface area contributed by atoms with Gasteiger partial charge in [-0.2, -0.15) is 0 Å². The van der Waals surface area contributed by atoms with E-state index in [4.69, 9.17) is 23.7 Å². The highest BCUT2D eigenvalue weighted by Crippen LogP contribution is 2.26. The SMILES string of the molecule is CC/C=C\C/C=C\C/C=C\C/C=C\C/C=C\CC(=O)OCC(COC1OC(C(=O)O)C(O)C(O)C1OC(=O)CCCCCCC/C=C\CCCCCC)OC(=O)C/C=C\C/C=C\C/C=C\C/C=C\C/C=C\CC. The van der Waals surface area contributed by atoms with Gasteiger partial charge in [0, 0.05) is 6.42 Å². The zero-order valence-electron chi connectivity index (χ0n) is 44.6. The van der Waals surface area contributed by atoms with Crippen molar-refractivity contribution >= 4 is 23.9 Å². The van der Waals surface area contributed by atoms with Gasteiger partial charge in [-0.25, -0.2) is 4.79 Å². The number of ether oxygens (including phenoxy) is 5. The zero-order chi connectivity index (χ0) is 53.3. The molecule has 0 radical (unpaired) electrons. The Morgan fingerprint density at radius 2 is 0.904 bits per heavy atom. The highest BCUT2D eigenvalue weighted by Gasteiger charge is 2.50. The molecular weight excluding hydrogens is 925 g/mol. The molecule has 6 atom stereocenters. The normalized spacial score (nSPS) is 19.4. The van der Waals surface area contributed by atoms with E-state index in [0.717, 1.165) is 89.9 Å². The second kappa shape index (κ2) is 47.8. The van der Waals surface area contributed by atoms with Gasteiger partial charge in [-0.15, -0.1) is 0 Å². The third kappa shape index (κ3) is 38.2. The minimum atomic E-state index is -1.94. The Balaban J connectivity index is 2.85. The molecule has 1 aliphatic heterocycles. The van der Waals surface area contributed by atoms with Crippen LogP contribution >= 0.6 is 0 Å². The first-order valence-corrected chi connectivity index (χ1v) is 27.2. The van der Waals surface area contributed by atoms with E-state index in [9.17, 15) is 34.5 Å². The Morgan fingerprint density at radius 3 is 1.37 bits per heavy atom. The lowest BCUT2D eigenvalue weighted by Gasteiger charge is -2.40. The van der Waals surface area contributed by atoms with Crippen molar-refractivity contribution in [1.29, 1.82) is 0 Å². The zero-order valence-corrected chi connectivity index (χ0v) is 44.6. The summed E-state index contributed by atoms with van der Waals surface area (Å²) in [7, 11) is 0. The number of carboxylic acid groups (broad SMARTS) is 1. The van der Waals surface area contributed by atoms with Crippen LogP contribution in [-0.4, -0.2) is 89.2 Å². The van der Waals surface area contributed by atoms with Crippen molar-refractivity contribution in [2.45, 2.75) is 212 Å². The van der Waals surface area contributed by atoms with Crippen molar-refractivity contribution in [2.75, 3.05) is 13.2 Å². The number of allylic oxidation sites excluding steroid dienone is 20. The van der Waals surface area contributed by atoms with Crippen molar-refractivity contribution in [1.82, 2.24) is 0 Å². The summed E-state index contributed by atoms with van der Waals surface area (Å²) in [5.74, 6) is -3.49. The van der Waals surface area contributed by atoms with Gasteiger partial charge < -0.3 is 39.0 Å². The van der Waals surface area contributed by atoms with Crippen LogP contribution in [0.25, 0.3) is 0 Å². The van der Waals surface area contributed by atoms with Crippen LogP contribution in [0.5, 0.6) is 0 Å². The average Bonchev–Trinajstić information content (AvgIpc) is 3.37. The molecule has 1 rings (SSSR count). The van der Waals surface area contributed by atoms with E-state index in [0.29, 0.717) is 19.3 Å². The molecule has 0 aromatic rings. The fourth-order valence-electron chi connectivity index (χ4n) is 7.16. The molecule has 0 bridgehead atoms.